The Bertz CT molecular complexity index is 36.3. The fraction of sp³-hybridized carbons (Fsp3) is 1.00. The molecule has 3 N–H and O–H groups in total. The standard InChI is InChI=1S/C4H10O.2C2H6O/c1-4(2)3-5;2*1-2-3/h4-5H,3H2,1-2H3;2*3H,2H2,1H3. The van der Waals surface area contributed by atoms with Gasteiger partial charge in [-0.25, -0.2) is 0 Å². The molecule has 0 atom stereocenters. The lowest BCUT2D eigenvalue weighted by Crippen LogP contribution is -1.90. The number of rotatable bonds is 1. The first-order chi connectivity index (χ1) is 5.10. The molecule has 0 bridgehead atoms. The average molecular weight is 166 g/mol. The topological polar surface area (TPSA) is 60.7 Å². The van der Waals surface area contributed by atoms with E-state index in [-0.39, 0.29) is 13.2 Å². The van der Waals surface area contributed by atoms with Gasteiger partial charge in [-0.05, 0) is 19.8 Å². The van der Waals surface area contributed by atoms with Crippen LogP contribution in [0.15, 0.2) is 0 Å². The van der Waals surface area contributed by atoms with Gasteiger partial charge in [-0.2, -0.15) is 0 Å². The summed E-state index contributed by atoms with van der Waals surface area (Å²) in [7, 11) is 0. The van der Waals surface area contributed by atoms with E-state index in [0.29, 0.717) is 12.5 Å². The summed E-state index contributed by atoms with van der Waals surface area (Å²) in [5, 5.41) is 23.3. The minimum atomic E-state index is 0.250. The molecule has 0 saturated carbocycles. The molecule has 0 aromatic heterocycles. The third-order valence-corrected chi connectivity index (χ3v) is 0.365. The number of aliphatic hydroxyl groups is 3. The van der Waals surface area contributed by atoms with Gasteiger partial charge in [0.05, 0.1) is 0 Å². The van der Waals surface area contributed by atoms with E-state index in [1.807, 2.05) is 13.8 Å². The SMILES string of the molecule is CC(C)CO.CCO.CCO. The molecule has 72 valence electrons. The maximum atomic E-state index is 8.14. The molecule has 0 aromatic rings. The van der Waals surface area contributed by atoms with Crippen molar-refractivity contribution in [2.75, 3.05) is 19.8 Å². The molecular weight excluding hydrogens is 144 g/mol. The molecule has 0 heterocycles. The zero-order valence-corrected chi connectivity index (χ0v) is 8.04. The molecule has 0 aliphatic carbocycles. The minimum Gasteiger partial charge on any atom is -0.397 e. The van der Waals surface area contributed by atoms with Crippen LogP contribution in [0.5, 0.6) is 0 Å². The summed E-state index contributed by atoms with van der Waals surface area (Å²) in [5.41, 5.74) is 0. The average Bonchev–Trinajstić information content (AvgIpc) is 1.91. The van der Waals surface area contributed by atoms with Gasteiger partial charge in [-0.3, -0.25) is 0 Å². The molecular formula is C8H22O3. The maximum Gasteiger partial charge on any atom is 0.0453 e. The Morgan fingerprint density at radius 2 is 1.00 bits per heavy atom. The molecule has 0 saturated heterocycles. The quantitative estimate of drug-likeness (QED) is 0.535. The van der Waals surface area contributed by atoms with Crippen molar-refractivity contribution >= 4 is 0 Å². The van der Waals surface area contributed by atoms with E-state index in [1.165, 1.54) is 0 Å². The highest BCUT2D eigenvalue weighted by atomic mass is 16.3. The zero-order chi connectivity index (χ0) is 9.70. The molecule has 0 fully saturated rings. The van der Waals surface area contributed by atoms with E-state index in [9.17, 15) is 0 Å². The van der Waals surface area contributed by atoms with Crippen molar-refractivity contribution in [3.8, 4) is 0 Å². The fourth-order valence-electron chi connectivity index (χ4n) is 0. The van der Waals surface area contributed by atoms with Gasteiger partial charge in [0.1, 0.15) is 0 Å². The van der Waals surface area contributed by atoms with Gasteiger partial charge in [0.25, 0.3) is 0 Å². The molecule has 0 spiro atoms. The molecule has 0 rings (SSSR count). The van der Waals surface area contributed by atoms with Crippen LogP contribution in [0, 0.1) is 5.92 Å². The second kappa shape index (κ2) is 22.5. The van der Waals surface area contributed by atoms with Gasteiger partial charge >= 0.3 is 0 Å². The van der Waals surface area contributed by atoms with Gasteiger partial charge in [0.15, 0.2) is 0 Å². The van der Waals surface area contributed by atoms with Gasteiger partial charge in [-0.1, -0.05) is 13.8 Å². The highest BCUT2D eigenvalue weighted by Gasteiger charge is 1.81. The third-order valence-electron chi connectivity index (χ3n) is 0.365. The molecule has 11 heavy (non-hydrogen) atoms. The second-order valence-corrected chi connectivity index (χ2v) is 2.21. The highest BCUT2D eigenvalue weighted by molar-refractivity contribution is 4.32. The van der Waals surface area contributed by atoms with Gasteiger partial charge in [-0.15, -0.1) is 0 Å². The van der Waals surface area contributed by atoms with Crippen LogP contribution >= 0.6 is 0 Å². The summed E-state index contributed by atoms with van der Waals surface area (Å²) >= 11 is 0. The van der Waals surface area contributed by atoms with Crippen molar-refractivity contribution in [1.82, 2.24) is 0 Å². The Morgan fingerprint density at radius 1 is 0.909 bits per heavy atom. The molecule has 3 heteroatoms. The van der Waals surface area contributed by atoms with Crippen LogP contribution in [-0.4, -0.2) is 35.1 Å². The van der Waals surface area contributed by atoms with E-state index in [1.54, 1.807) is 13.8 Å². The number of aliphatic hydroxyl groups excluding tert-OH is 3. The van der Waals surface area contributed by atoms with E-state index in [2.05, 4.69) is 0 Å². The lowest BCUT2D eigenvalue weighted by atomic mass is 10.2. The monoisotopic (exact) mass is 166 g/mol. The predicted molar refractivity (Wildman–Crippen MR) is 47.4 cm³/mol. The van der Waals surface area contributed by atoms with Crippen LogP contribution in [0.1, 0.15) is 27.7 Å². The fourth-order valence-corrected chi connectivity index (χ4v) is 0. The van der Waals surface area contributed by atoms with Crippen LogP contribution in [0.25, 0.3) is 0 Å². The van der Waals surface area contributed by atoms with Crippen molar-refractivity contribution in [1.29, 1.82) is 0 Å². The van der Waals surface area contributed by atoms with Crippen molar-refractivity contribution in [3.05, 3.63) is 0 Å². The van der Waals surface area contributed by atoms with Crippen molar-refractivity contribution in [2.24, 2.45) is 5.92 Å². The summed E-state index contributed by atoms with van der Waals surface area (Å²) in [6.07, 6.45) is 0. The largest absolute Gasteiger partial charge is 0.397 e. The predicted octanol–water partition coefficient (Wildman–Crippen LogP) is 0.632. The first kappa shape index (κ1) is 17.1. The maximum absolute atomic E-state index is 8.14. The van der Waals surface area contributed by atoms with Crippen molar-refractivity contribution < 1.29 is 15.3 Å². The number of hydrogen-bond acceptors (Lipinski definition) is 3. The van der Waals surface area contributed by atoms with Crippen LogP contribution in [0.4, 0.5) is 0 Å². The Hall–Kier alpha value is -0.120. The van der Waals surface area contributed by atoms with Crippen LogP contribution in [0.3, 0.4) is 0 Å². The molecule has 0 amide bonds. The molecule has 0 unspecified atom stereocenters. The van der Waals surface area contributed by atoms with Crippen molar-refractivity contribution in [2.45, 2.75) is 27.7 Å². The Balaban J connectivity index is -0.0000000933. The lowest BCUT2D eigenvalue weighted by molar-refractivity contribution is 0.248. The van der Waals surface area contributed by atoms with Gasteiger partial charge < -0.3 is 15.3 Å². The Morgan fingerprint density at radius 3 is 1.00 bits per heavy atom. The Labute approximate surface area is 69.7 Å². The van der Waals surface area contributed by atoms with Gasteiger partial charge in [0.2, 0.25) is 0 Å². The zero-order valence-electron chi connectivity index (χ0n) is 8.04. The highest BCUT2D eigenvalue weighted by Crippen LogP contribution is 1.83. The minimum absolute atomic E-state index is 0.250. The molecule has 0 aromatic carbocycles. The molecule has 3 nitrogen and oxygen atoms in total. The molecule has 0 aliphatic heterocycles. The van der Waals surface area contributed by atoms with Crippen molar-refractivity contribution in [3.63, 3.8) is 0 Å². The lowest BCUT2D eigenvalue weighted by Gasteiger charge is -1.90. The van der Waals surface area contributed by atoms with E-state index in [4.69, 9.17) is 15.3 Å². The van der Waals surface area contributed by atoms with E-state index < -0.39 is 0 Å². The summed E-state index contributed by atoms with van der Waals surface area (Å²) in [6.45, 7) is 8.11. The van der Waals surface area contributed by atoms with Crippen LogP contribution in [-0.2, 0) is 0 Å². The summed E-state index contributed by atoms with van der Waals surface area (Å²) < 4.78 is 0. The van der Waals surface area contributed by atoms with Gasteiger partial charge in [0, 0.05) is 19.8 Å². The van der Waals surface area contributed by atoms with Crippen LogP contribution < -0.4 is 0 Å². The smallest absolute Gasteiger partial charge is 0.0453 e. The summed E-state index contributed by atoms with van der Waals surface area (Å²) in [4.78, 5) is 0. The van der Waals surface area contributed by atoms with E-state index in [0.717, 1.165) is 0 Å². The normalized spacial score (nSPS) is 7.64. The second-order valence-electron chi connectivity index (χ2n) is 2.21. The summed E-state index contributed by atoms with van der Waals surface area (Å²) in [6, 6.07) is 0. The first-order valence-corrected chi connectivity index (χ1v) is 3.93. The first-order valence-electron chi connectivity index (χ1n) is 3.93. The third kappa shape index (κ3) is 174. The summed E-state index contributed by atoms with van der Waals surface area (Å²) in [5.74, 6) is 0.440. The van der Waals surface area contributed by atoms with Crippen LogP contribution in [0.2, 0.25) is 0 Å². The molecule has 0 aliphatic rings. The molecule has 0 radical (unpaired) electrons. The Kier molecular flexibility index (Phi) is 35.0. The van der Waals surface area contributed by atoms with E-state index >= 15 is 0 Å². The number of hydrogen-bond donors (Lipinski definition) is 3.